The minimum Gasteiger partial charge on any atom is -0.482 e. The molecule has 4 rings (SSSR count). The Labute approximate surface area is 220 Å². The second-order valence-corrected chi connectivity index (χ2v) is 9.51. The molecule has 0 unspecified atom stereocenters. The third-order valence-corrected chi connectivity index (χ3v) is 6.12. The van der Waals surface area contributed by atoms with Gasteiger partial charge in [0.15, 0.2) is 6.61 Å². The van der Waals surface area contributed by atoms with Crippen LogP contribution in [0.3, 0.4) is 0 Å². The van der Waals surface area contributed by atoms with Crippen molar-refractivity contribution in [1.29, 1.82) is 0 Å². The maximum absolute atomic E-state index is 13.8. The van der Waals surface area contributed by atoms with Crippen molar-refractivity contribution in [2.24, 2.45) is 5.10 Å². The zero-order valence-electron chi connectivity index (χ0n) is 18.1. The summed E-state index contributed by atoms with van der Waals surface area (Å²) in [5, 5.41) is 7.53. The first-order chi connectivity index (χ1) is 16.7. The van der Waals surface area contributed by atoms with Gasteiger partial charge in [-0.2, -0.15) is 9.78 Å². The number of aromatic nitrogens is 2. The van der Waals surface area contributed by atoms with Gasteiger partial charge in [-0.3, -0.25) is 9.59 Å². The van der Waals surface area contributed by atoms with Crippen LogP contribution >= 0.6 is 43.5 Å². The van der Waals surface area contributed by atoms with E-state index in [0.717, 1.165) is 9.15 Å². The largest absolute Gasteiger partial charge is 0.482 e. The van der Waals surface area contributed by atoms with Crippen LogP contribution in [0.25, 0.3) is 10.9 Å². The Bertz CT molecular complexity index is 1540. The number of benzene rings is 3. The summed E-state index contributed by atoms with van der Waals surface area (Å²) in [5.41, 5.74) is 0.655. The highest BCUT2D eigenvalue weighted by Gasteiger charge is 2.14. The lowest BCUT2D eigenvalue weighted by Gasteiger charge is -2.12. The van der Waals surface area contributed by atoms with E-state index < -0.39 is 18.3 Å². The molecule has 1 heterocycles. The number of hydrogen-bond donors (Lipinski definition) is 1. The number of rotatable bonds is 6. The normalized spacial score (nSPS) is 11.2. The number of nitrogens with one attached hydrogen (secondary N) is 1. The van der Waals surface area contributed by atoms with Gasteiger partial charge < -0.3 is 10.1 Å². The lowest BCUT2D eigenvalue weighted by atomic mass is 10.2. The molecule has 7 nitrogen and oxygen atoms in total. The fraction of sp³-hybridized carbons (Fsp3) is 0.0833. The molecule has 0 fully saturated rings. The van der Waals surface area contributed by atoms with E-state index in [9.17, 15) is 14.0 Å². The van der Waals surface area contributed by atoms with Crippen LogP contribution in [0.5, 0.6) is 5.75 Å². The number of carbonyl (C=O) groups excluding carboxylic acids is 1. The first-order valence-corrected chi connectivity index (χ1v) is 12.1. The summed E-state index contributed by atoms with van der Waals surface area (Å²) in [6, 6.07) is 14.2. The van der Waals surface area contributed by atoms with Crippen molar-refractivity contribution in [3.63, 3.8) is 0 Å². The number of aryl methyl sites for hydroxylation is 1. The van der Waals surface area contributed by atoms with Gasteiger partial charge in [0, 0.05) is 15.1 Å². The van der Waals surface area contributed by atoms with E-state index in [1.807, 2.05) is 0 Å². The number of nitrogens with zero attached hydrogens (tertiary/aromatic N) is 3. The predicted molar refractivity (Wildman–Crippen MR) is 141 cm³/mol. The van der Waals surface area contributed by atoms with E-state index >= 15 is 0 Å². The number of ether oxygens (including phenoxy) is 1. The Morgan fingerprint density at radius 2 is 2.00 bits per heavy atom. The number of amides is 1. The zero-order valence-corrected chi connectivity index (χ0v) is 22.0. The molecule has 1 amide bonds. The Balaban J connectivity index is 1.62. The number of fused-ring (bicyclic) bond motifs is 1. The van der Waals surface area contributed by atoms with Crippen molar-refractivity contribution in [2.75, 3.05) is 11.9 Å². The second-order valence-electron chi connectivity index (χ2n) is 7.30. The zero-order chi connectivity index (χ0) is 25.1. The highest BCUT2D eigenvalue weighted by atomic mass is 79.9. The number of para-hydroxylation sites is 1. The van der Waals surface area contributed by atoms with Gasteiger partial charge in [-0.25, -0.2) is 9.37 Å². The van der Waals surface area contributed by atoms with Gasteiger partial charge in [0.25, 0.3) is 11.5 Å². The fourth-order valence-corrected chi connectivity index (χ4v) is 4.54. The van der Waals surface area contributed by atoms with Gasteiger partial charge in [-0.05, 0) is 65.3 Å². The van der Waals surface area contributed by atoms with Crippen LogP contribution < -0.4 is 15.6 Å². The van der Waals surface area contributed by atoms with Crippen LogP contribution in [-0.2, 0) is 4.79 Å². The monoisotopic (exact) mass is 620 g/mol. The molecule has 4 aromatic rings. The van der Waals surface area contributed by atoms with Gasteiger partial charge in [0.05, 0.1) is 27.3 Å². The van der Waals surface area contributed by atoms with Crippen molar-refractivity contribution in [3.8, 4) is 5.75 Å². The summed E-state index contributed by atoms with van der Waals surface area (Å²) in [7, 11) is 0. The van der Waals surface area contributed by atoms with Crippen molar-refractivity contribution in [1.82, 2.24) is 9.66 Å². The molecule has 0 radical (unpaired) electrons. The molecule has 0 aliphatic rings. The van der Waals surface area contributed by atoms with Crippen molar-refractivity contribution >= 4 is 72.2 Å². The van der Waals surface area contributed by atoms with Gasteiger partial charge in [-0.1, -0.05) is 39.7 Å². The van der Waals surface area contributed by atoms with E-state index in [-0.39, 0.29) is 17.0 Å². The van der Waals surface area contributed by atoms with E-state index in [1.165, 1.54) is 24.4 Å². The average Bonchev–Trinajstić information content (AvgIpc) is 2.80. The molecule has 1 aromatic heterocycles. The third kappa shape index (κ3) is 5.77. The lowest BCUT2D eigenvalue weighted by molar-refractivity contribution is -0.118. The molecule has 0 saturated carbocycles. The minimum atomic E-state index is -0.559. The van der Waals surface area contributed by atoms with Crippen LogP contribution in [0.4, 0.5) is 10.1 Å². The predicted octanol–water partition coefficient (Wildman–Crippen LogP) is 5.92. The van der Waals surface area contributed by atoms with Crippen LogP contribution in [0, 0.1) is 12.7 Å². The number of carbonyl (C=O) groups is 1. The van der Waals surface area contributed by atoms with Crippen molar-refractivity contribution < 1.29 is 13.9 Å². The number of anilines is 1. The Kier molecular flexibility index (Phi) is 7.63. The quantitative estimate of drug-likeness (QED) is 0.271. The first-order valence-electron chi connectivity index (χ1n) is 10.1. The molecule has 3 aromatic carbocycles. The molecule has 35 heavy (non-hydrogen) atoms. The molecular weight excluding hydrogens is 607 g/mol. The average molecular weight is 623 g/mol. The van der Waals surface area contributed by atoms with E-state index in [2.05, 4.69) is 47.3 Å². The van der Waals surface area contributed by atoms with Crippen LogP contribution in [-0.4, -0.2) is 28.4 Å². The van der Waals surface area contributed by atoms with Crippen molar-refractivity contribution in [3.05, 3.63) is 96.1 Å². The highest BCUT2D eigenvalue weighted by molar-refractivity contribution is 9.10. The summed E-state index contributed by atoms with van der Waals surface area (Å²) in [5.74, 6) is -0.465. The second kappa shape index (κ2) is 10.7. The maximum atomic E-state index is 13.8. The molecule has 0 bridgehead atoms. The van der Waals surface area contributed by atoms with Crippen molar-refractivity contribution in [2.45, 2.75) is 6.92 Å². The van der Waals surface area contributed by atoms with E-state index in [4.69, 9.17) is 16.3 Å². The number of halogens is 4. The van der Waals surface area contributed by atoms with Gasteiger partial charge in [0.2, 0.25) is 0 Å². The first kappa shape index (κ1) is 25.0. The summed E-state index contributed by atoms with van der Waals surface area (Å²) >= 11 is 12.9. The van der Waals surface area contributed by atoms with Gasteiger partial charge >= 0.3 is 0 Å². The SMILES string of the molecule is Cc1nc2ccc(Br)cc2c(=O)n1N=Cc1cc(Cl)cc(Br)c1OCC(=O)Nc1ccccc1F. The number of hydrogen-bond acceptors (Lipinski definition) is 5. The molecular formula is C24H16Br2ClFN4O3. The Morgan fingerprint density at radius 1 is 1.23 bits per heavy atom. The van der Waals surface area contributed by atoms with Gasteiger partial charge in [-0.15, -0.1) is 0 Å². The molecule has 1 N–H and O–H groups in total. The molecule has 178 valence electrons. The molecule has 0 aliphatic carbocycles. The Morgan fingerprint density at radius 3 is 2.77 bits per heavy atom. The van der Waals surface area contributed by atoms with Gasteiger partial charge in [0.1, 0.15) is 17.4 Å². The summed E-state index contributed by atoms with van der Waals surface area (Å²) in [4.78, 5) is 29.7. The fourth-order valence-electron chi connectivity index (χ4n) is 3.23. The van der Waals surface area contributed by atoms with E-state index in [1.54, 1.807) is 43.3 Å². The minimum absolute atomic E-state index is 0.0448. The molecule has 11 heteroatoms. The molecule has 0 aliphatic heterocycles. The van der Waals surface area contributed by atoms with Crippen LogP contribution in [0.15, 0.2) is 73.4 Å². The smallest absolute Gasteiger partial charge is 0.282 e. The van der Waals surface area contributed by atoms with Crippen LogP contribution in [0.2, 0.25) is 5.02 Å². The lowest BCUT2D eigenvalue weighted by Crippen LogP contribution is -2.22. The maximum Gasteiger partial charge on any atom is 0.282 e. The summed E-state index contributed by atoms with van der Waals surface area (Å²) < 4.78 is 21.9. The molecule has 0 saturated heterocycles. The highest BCUT2D eigenvalue weighted by Crippen LogP contribution is 2.32. The third-order valence-electron chi connectivity index (χ3n) is 4.82. The Hall–Kier alpha value is -3.08. The summed E-state index contributed by atoms with van der Waals surface area (Å²) in [6.07, 6.45) is 1.39. The molecule has 0 atom stereocenters. The molecule has 0 spiro atoms. The van der Waals surface area contributed by atoms with Crippen LogP contribution in [0.1, 0.15) is 11.4 Å². The van der Waals surface area contributed by atoms with E-state index in [0.29, 0.717) is 31.8 Å². The summed E-state index contributed by atoms with van der Waals surface area (Å²) in [6.45, 7) is 1.26. The topological polar surface area (TPSA) is 85.6 Å². The standard InChI is InChI=1S/C24H16Br2ClFN4O3/c1-13-30-20-7-6-15(25)9-17(20)24(34)32(13)29-11-14-8-16(27)10-18(26)23(14)35-12-22(33)31-21-5-3-2-4-19(21)28/h2-11H,12H2,1H3,(H,31,33).